The Morgan fingerprint density at radius 3 is 2.36 bits per heavy atom. The molecule has 2 unspecified atom stereocenters. The van der Waals surface area contributed by atoms with E-state index in [-0.39, 0.29) is 0 Å². The summed E-state index contributed by atoms with van der Waals surface area (Å²) in [5, 5.41) is -0.557. The summed E-state index contributed by atoms with van der Waals surface area (Å²) < 4.78 is 21.8. The summed E-state index contributed by atoms with van der Waals surface area (Å²) >= 11 is 0. The van der Waals surface area contributed by atoms with Crippen molar-refractivity contribution in [3.63, 3.8) is 0 Å². The van der Waals surface area contributed by atoms with Gasteiger partial charge in [0.05, 0.1) is 5.25 Å². The lowest BCUT2D eigenvalue weighted by atomic mass is 10.2. The third-order valence-corrected chi connectivity index (χ3v) is 3.33. The van der Waals surface area contributed by atoms with Crippen LogP contribution in [0.5, 0.6) is 0 Å². The molecule has 3 nitrogen and oxygen atoms in total. The summed E-state index contributed by atoms with van der Waals surface area (Å²) in [6, 6.07) is -0.449. The summed E-state index contributed by atoms with van der Waals surface area (Å²) in [5.41, 5.74) is 5.49. The smallest absolute Gasteiger partial charge is 0.151 e. The summed E-state index contributed by atoms with van der Waals surface area (Å²) in [6.07, 6.45) is 6.45. The van der Waals surface area contributed by atoms with Crippen molar-refractivity contribution in [2.24, 2.45) is 5.73 Å². The van der Waals surface area contributed by atoms with Gasteiger partial charge in [0.1, 0.15) is 0 Å². The van der Waals surface area contributed by atoms with Gasteiger partial charge in [-0.1, -0.05) is 0 Å². The van der Waals surface area contributed by atoms with Gasteiger partial charge in [0.2, 0.25) is 0 Å². The lowest BCUT2D eigenvalue weighted by Gasteiger charge is -2.14. The van der Waals surface area contributed by atoms with Gasteiger partial charge in [0, 0.05) is 18.7 Å². The number of terminal acetylenes is 1. The van der Waals surface area contributed by atoms with Crippen LogP contribution in [-0.2, 0) is 9.84 Å². The maximum atomic E-state index is 10.9. The van der Waals surface area contributed by atoms with Crippen LogP contribution < -0.4 is 5.73 Å². The molecule has 0 aliphatic rings. The Hall–Kier alpha value is -0.530. The molecule has 4 heteroatoms. The summed E-state index contributed by atoms with van der Waals surface area (Å²) in [6.45, 7) is 1.57. The van der Waals surface area contributed by atoms with Crippen molar-refractivity contribution < 1.29 is 8.42 Å². The van der Waals surface area contributed by atoms with E-state index in [1.165, 1.54) is 0 Å². The predicted octanol–water partition coefficient (Wildman–Crippen LogP) is -0.230. The molecule has 0 aliphatic carbocycles. The molecule has 0 rings (SSSR count). The number of hydrogen-bond acceptors (Lipinski definition) is 3. The van der Waals surface area contributed by atoms with Gasteiger partial charge in [0.15, 0.2) is 9.84 Å². The first-order chi connectivity index (χ1) is 4.89. The van der Waals surface area contributed by atoms with Gasteiger partial charge in [-0.2, -0.15) is 0 Å². The normalized spacial score (nSPS) is 16.9. The van der Waals surface area contributed by atoms with Crippen molar-refractivity contribution in [3.8, 4) is 12.3 Å². The summed E-state index contributed by atoms with van der Waals surface area (Å²) in [5.74, 6) is 2.33. The van der Waals surface area contributed by atoms with E-state index in [0.29, 0.717) is 6.42 Å². The van der Waals surface area contributed by atoms with Crippen LogP contribution in [0.25, 0.3) is 0 Å². The second-order valence-electron chi connectivity index (χ2n) is 2.61. The quantitative estimate of drug-likeness (QED) is 0.603. The highest BCUT2D eigenvalue weighted by Crippen LogP contribution is 2.04. The van der Waals surface area contributed by atoms with Crippen LogP contribution in [0.2, 0.25) is 0 Å². The lowest BCUT2D eigenvalue weighted by molar-refractivity contribution is 0.567. The Morgan fingerprint density at radius 2 is 2.09 bits per heavy atom. The first kappa shape index (κ1) is 10.5. The monoisotopic (exact) mass is 175 g/mol. The molecule has 0 aliphatic heterocycles. The largest absolute Gasteiger partial charge is 0.326 e. The van der Waals surface area contributed by atoms with E-state index in [1.54, 1.807) is 6.92 Å². The molecular weight excluding hydrogens is 162 g/mol. The van der Waals surface area contributed by atoms with Crippen LogP contribution in [0.15, 0.2) is 0 Å². The molecule has 2 N–H and O–H groups in total. The fourth-order valence-corrected chi connectivity index (χ4v) is 1.35. The van der Waals surface area contributed by atoms with Crippen LogP contribution in [0.1, 0.15) is 13.3 Å². The van der Waals surface area contributed by atoms with Crippen LogP contribution >= 0.6 is 0 Å². The Labute approximate surface area is 67.9 Å². The third kappa shape index (κ3) is 3.40. The summed E-state index contributed by atoms with van der Waals surface area (Å²) in [7, 11) is -3.04. The highest BCUT2D eigenvalue weighted by molar-refractivity contribution is 7.91. The number of hydrogen-bond donors (Lipinski definition) is 1. The zero-order chi connectivity index (χ0) is 9.07. The second-order valence-corrected chi connectivity index (χ2v) is 5.01. The fraction of sp³-hybridized carbons (Fsp3) is 0.714. The van der Waals surface area contributed by atoms with E-state index in [1.807, 2.05) is 0 Å². The Bertz CT molecular complexity index is 250. The molecule has 0 bridgehead atoms. The van der Waals surface area contributed by atoms with Gasteiger partial charge in [-0.25, -0.2) is 8.42 Å². The van der Waals surface area contributed by atoms with Crippen LogP contribution in [0.3, 0.4) is 0 Å². The van der Waals surface area contributed by atoms with Gasteiger partial charge in [0.25, 0.3) is 0 Å². The van der Waals surface area contributed by atoms with Crippen LogP contribution in [-0.4, -0.2) is 26.0 Å². The third-order valence-electron chi connectivity index (χ3n) is 1.63. The highest BCUT2D eigenvalue weighted by atomic mass is 32.2. The molecule has 0 radical (unpaired) electrons. The van der Waals surface area contributed by atoms with Gasteiger partial charge in [-0.3, -0.25) is 0 Å². The molecule has 0 aromatic rings. The molecule has 0 saturated heterocycles. The molecule has 64 valence electrons. The van der Waals surface area contributed by atoms with E-state index in [2.05, 4.69) is 5.92 Å². The minimum atomic E-state index is -3.04. The Balaban J connectivity index is 4.28. The van der Waals surface area contributed by atoms with Crippen molar-refractivity contribution in [1.82, 2.24) is 0 Å². The summed E-state index contributed by atoms with van der Waals surface area (Å²) in [4.78, 5) is 0. The SMILES string of the molecule is C#CCC(N)C(C)S(C)(=O)=O. The predicted molar refractivity (Wildman–Crippen MR) is 45.7 cm³/mol. The van der Waals surface area contributed by atoms with Gasteiger partial charge in [-0.15, -0.1) is 12.3 Å². The van der Waals surface area contributed by atoms with E-state index in [4.69, 9.17) is 12.2 Å². The van der Waals surface area contributed by atoms with E-state index < -0.39 is 21.1 Å². The average Bonchev–Trinajstić information content (AvgIpc) is 1.85. The molecule has 0 aromatic carbocycles. The molecule has 0 saturated carbocycles. The van der Waals surface area contributed by atoms with Crippen molar-refractivity contribution in [3.05, 3.63) is 0 Å². The second kappa shape index (κ2) is 3.74. The van der Waals surface area contributed by atoms with Crippen LogP contribution in [0.4, 0.5) is 0 Å². The van der Waals surface area contributed by atoms with E-state index >= 15 is 0 Å². The first-order valence-corrected chi connectivity index (χ1v) is 5.23. The fourth-order valence-electron chi connectivity index (χ4n) is 0.620. The zero-order valence-electron chi connectivity index (χ0n) is 6.74. The molecule has 2 atom stereocenters. The molecule has 0 heterocycles. The number of nitrogens with two attached hydrogens (primary N) is 1. The topological polar surface area (TPSA) is 60.2 Å². The molecule has 0 amide bonds. The minimum absolute atomic E-state index is 0.300. The Morgan fingerprint density at radius 1 is 1.64 bits per heavy atom. The average molecular weight is 175 g/mol. The van der Waals surface area contributed by atoms with E-state index in [9.17, 15) is 8.42 Å². The van der Waals surface area contributed by atoms with E-state index in [0.717, 1.165) is 6.26 Å². The molecule has 0 fully saturated rings. The maximum absolute atomic E-state index is 10.9. The van der Waals surface area contributed by atoms with Crippen molar-refractivity contribution >= 4 is 9.84 Å². The molecule has 0 aromatic heterocycles. The molecule has 0 spiro atoms. The van der Waals surface area contributed by atoms with Gasteiger partial charge in [-0.05, 0) is 6.92 Å². The lowest BCUT2D eigenvalue weighted by Crippen LogP contribution is -2.37. The minimum Gasteiger partial charge on any atom is -0.326 e. The standard InChI is InChI=1S/C7H13NO2S/c1-4-5-7(8)6(2)11(3,9)10/h1,6-7H,5,8H2,2-3H3. The zero-order valence-corrected chi connectivity index (χ0v) is 7.56. The number of sulfone groups is 1. The highest BCUT2D eigenvalue weighted by Gasteiger charge is 2.21. The van der Waals surface area contributed by atoms with Gasteiger partial charge >= 0.3 is 0 Å². The number of rotatable bonds is 3. The van der Waals surface area contributed by atoms with Crippen LogP contribution in [0, 0.1) is 12.3 Å². The molecule has 11 heavy (non-hydrogen) atoms. The van der Waals surface area contributed by atoms with Crippen molar-refractivity contribution in [2.45, 2.75) is 24.6 Å². The first-order valence-electron chi connectivity index (χ1n) is 3.27. The molecular formula is C7H13NO2S. The van der Waals surface area contributed by atoms with Gasteiger partial charge < -0.3 is 5.73 Å². The maximum Gasteiger partial charge on any atom is 0.151 e. The van der Waals surface area contributed by atoms with Crippen molar-refractivity contribution in [2.75, 3.05) is 6.26 Å². The van der Waals surface area contributed by atoms with Crippen molar-refractivity contribution in [1.29, 1.82) is 0 Å². The Kier molecular flexibility index (Phi) is 3.56.